The third-order valence-corrected chi connectivity index (χ3v) is 4.16. The molecular weight excluding hydrogens is 401 g/mol. The highest BCUT2D eigenvalue weighted by Crippen LogP contribution is 2.25. The molecule has 156 valence electrons. The smallest absolute Gasteiger partial charge is 0.492 e. The second kappa shape index (κ2) is 8.78. The highest BCUT2D eigenvalue weighted by atomic mass is 19.4. The van der Waals surface area contributed by atoms with Gasteiger partial charge in [0.1, 0.15) is 23.8 Å². The van der Waals surface area contributed by atoms with Gasteiger partial charge in [0.15, 0.2) is 0 Å². The summed E-state index contributed by atoms with van der Waals surface area (Å²) in [5, 5.41) is 9.79. The first kappa shape index (κ1) is 21.0. The van der Waals surface area contributed by atoms with Gasteiger partial charge in [-0.1, -0.05) is 0 Å². The maximum Gasteiger partial charge on any atom is 0.573 e. The molecule has 0 unspecified atom stereocenters. The molecule has 1 heterocycles. The number of ether oxygens (including phenoxy) is 3. The van der Waals surface area contributed by atoms with Crippen molar-refractivity contribution in [2.45, 2.75) is 19.8 Å². The second-order valence-corrected chi connectivity index (χ2v) is 6.15. The molecule has 0 amide bonds. The van der Waals surface area contributed by atoms with E-state index >= 15 is 0 Å². The largest absolute Gasteiger partial charge is 0.573 e. The summed E-state index contributed by atoms with van der Waals surface area (Å²) in [4.78, 5) is 12.3. The van der Waals surface area contributed by atoms with Crippen molar-refractivity contribution in [2.75, 3.05) is 13.2 Å². The van der Waals surface area contributed by atoms with Gasteiger partial charge >= 0.3 is 12.3 Å². The Morgan fingerprint density at radius 2 is 1.80 bits per heavy atom. The lowest BCUT2D eigenvalue weighted by Gasteiger charge is -2.12. The molecule has 0 fully saturated rings. The maximum absolute atomic E-state index is 12.3. The van der Waals surface area contributed by atoms with E-state index in [1.165, 1.54) is 12.1 Å². The molecule has 2 aromatic carbocycles. The van der Waals surface area contributed by atoms with Crippen LogP contribution in [0.2, 0.25) is 0 Å². The zero-order valence-corrected chi connectivity index (χ0v) is 15.9. The average Bonchev–Trinajstić information content (AvgIpc) is 3.06. The Balaban J connectivity index is 1.75. The average molecular weight is 418 g/mol. The maximum atomic E-state index is 12.3. The van der Waals surface area contributed by atoms with E-state index in [0.717, 1.165) is 17.6 Å². The van der Waals surface area contributed by atoms with Crippen molar-refractivity contribution in [3.8, 4) is 17.6 Å². The van der Waals surface area contributed by atoms with E-state index in [2.05, 4.69) is 10.8 Å². The number of carbonyl (C=O) groups is 1. The number of carbonyl (C=O) groups excluding carboxylic acids is 1. The highest BCUT2D eigenvalue weighted by molar-refractivity contribution is 5.96. The van der Waals surface area contributed by atoms with Gasteiger partial charge in [-0.25, -0.2) is 4.79 Å². The zero-order chi connectivity index (χ0) is 21.7. The number of nitrogens with zero attached hydrogens (tertiary/aromatic N) is 2. The number of hydrogen-bond donors (Lipinski definition) is 0. The number of esters is 1. The molecule has 0 bridgehead atoms. The minimum absolute atomic E-state index is 0.148. The Morgan fingerprint density at radius 1 is 1.10 bits per heavy atom. The number of halogens is 3. The van der Waals surface area contributed by atoms with Gasteiger partial charge < -0.3 is 18.8 Å². The Kier molecular flexibility index (Phi) is 6.16. The third-order valence-electron chi connectivity index (χ3n) is 4.16. The van der Waals surface area contributed by atoms with Crippen LogP contribution in [0.25, 0.3) is 10.9 Å². The monoisotopic (exact) mass is 418 g/mol. The first-order chi connectivity index (χ1) is 14.3. The Morgan fingerprint density at radius 3 is 2.43 bits per heavy atom. The molecule has 3 rings (SSSR count). The van der Waals surface area contributed by atoms with Gasteiger partial charge in [-0.3, -0.25) is 0 Å². The van der Waals surface area contributed by atoms with E-state index in [0.29, 0.717) is 22.4 Å². The van der Waals surface area contributed by atoms with Crippen molar-refractivity contribution >= 4 is 16.9 Å². The SMILES string of the molecule is CCOC(=O)c1cc2cc(C#N)ccc2n1CCOc1ccc(OC(F)(F)F)cc1. The predicted molar refractivity (Wildman–Crippen MR) is 101 cm³/mol. The molecule has 0 N–H and O–H groups in total. The summed E-state index contributed by atoms with van der Waals surface area (Å²) in [5.41, 5.74) is 1.52. The third kappa shape index (κ3) is 5.03. The van der Waals surface area contributed by atoms with Crippen molar-refractivity contribution in [3.63, 3.8) is 0 Å². The van der Waals surface area contributed by atoms with Crippen LogP contribution in [0, 0.1) is 11.3 Å². The fourth-order valence-corrected chi connectivity index (χ4v) is 2.95. The highest BCUT2D eigenvalue weighted by Gasteiger charge is 2.31. The van der Waals surface area contributed by atoms with Crippen LogP contribution in [0.15, 0.2) is 48.5 Å². The van der Waals surface area contributed by atoms with E-state index in [4.69, 9.17) is 14.7 Å². The normalized spacial score (nSPS) is 11.2. The molecule has 30 heavy (non-hydrogen) atoms. The van der Waals surface area contributed by atoms with E-state index in [9.17, 15) is 18.0 Å². The fraction of sp³-hybridized carbons (Fsp3) is 0.238. The van der Waals surface area contributed by atoms with E-state index in [1.807, 2.05) is 0 Å². The topological polar surface area (TPSA) is 73.5 Å². The van der Waals surface area contributed by atoms with Crippen molar-refractivity contribution in [3.05, 3.63) is 59.8 Å². The van der Waals surface area contributed by atoms with Crippen LogP contribution in [0.4, 0.5) is 13.2 Å². The van der Waals surface area contributed by atoms with Crippen molar-refractivity contribution in [2.24, 2.45) is 0 Å². The van der Waals surface area contributed by atoms with Gasteiger partial charge in [-0.2, -0.15) is 5.26 Å². The minimum Gasteiger partial charge on any atom is -0.492 e. The van der Waals surface area contributed by atoms with Crippen LogP contribution < -0.4 is 9.47 Å². The lowest BCUT2D eigenvalue weighted by molar-refractivity contribution is -0.274. The number of alkyl halides is 3. The van der Waals surface area contributed by atoms with Gasteiger partial charge in [0.2, 0.25) is 0 Å². The van der Waals surface area contributed by atoms with Crippen LogP contribution in [-0.4, -0.2) is 30.1 Å². The van der Waals surface area contributed by atoms with Crippen molar-refractivity contribution in [1.82, 2.24) is 4.57 Å². The summed E-state index contributed by atoms with van der Waals surface area (Å²) < 4.78 is 52.9. The van der Waals surface area contributed by atoms with Gasteiger partial charge in [0.25, 0.3) is 0 Å². The Labute approximate surface area is 170 Å². The first-order valence-corrected chi connectivity index (χ1v) is 9.00. The van der Waals surface area contributed by atoms with E-state index in [1.54, 1.807) is 35.8 Å². The minimum atomic E-state index is -4.76. The second-order valence-electron chi connectivity index (χ2n) is 6.15. The molecule has 0 aliphatic rings. The number of aromatic nitrogens is 1. The molecular formula is C21H17F3N2O4. The number of benzene rings is 2. The number of hydrogen-bond acceptors (Lipinski definition) is 5. The predicted octanol–water partition coefficient (Wildman–Crippen LogP) is 4.67. The van der Waals surface area contributed by atoms with Gasteiger partial charge in [0.05, 0.1) is 24.8 Å². The summed E-state index contributed by atoms with van der Waals surface area (Å²) >= 11 is 0. The van der Waals surface area contributed by atoms with E-state index in [-0.39, 0.29) is 25.5 Å². The van der Waals surface area contributed by atoms with Crippen LogP contribution in [0.1, 0.15) is 23.0 Å². The molecule has 1 aromatic heterocycles. The Hall–Kier alpha value is -3.67. The van der Waals surface area contributed by atoms with Crippen LogP contribution in [0.5, 0.6) is 11.5 Å². The van der Waals surface area contributed by atoms with Gasteiger partial charge in [0, 0.05) is 10.9 Å². The molecule has 0 atom stereocenters. The molecule has 9 heteroatoms. The number of fused-ring (bicyclic) bond motifs is 1. The summed E-state index contributed by atoms with van der Waals surface area (Å²) in [5.74, 6) is -0.490. The summed E-state index contributed by atoms with van der Waals surface area (Å²) in [6, 6.07) is 13.8. The molecule has 0 spiro atoms. The summed E-state index contributed by atoms with van der Waals surface area (Å²) in [6.07, 6.45) is -4.76. The van der Waals surface area contributed by atoms with Gasteiger partial charge in [-0.15, -0.1) is 13.2 Å². The van der Waals surface area contributed by atoms with Crippen LogP contribution >= 0.6 is 0 Å². The van der Waals surface area contributed by atoms with Crippen molar-refractivity contribution in [1.29, 1.82) is 5.26 Å². The lowest BCUT2D eigenvalue weighted by Crippen LogP contribution is -2.17. The molecule has 6 nitrogen and oxygen atoms in total. The van der Waals surface area contributed by atoms with Crippen molar-refractivity contribution < 1.29 is 32.2 Å². The zero-order valence-electron chi connectivity index (χ0n) is 15.9. The van der Waals surface area contributed by atoms with Crippen LogP contribution in [0.3, 0.4) is 0 Å². The molecule has 0 aliphatic carbocycles. The van der Waals surface area contributed by atoms with E-state index < -0.39 is 12.3 Å². The Bertz CT molecular complexity index is 1080. The van der Waals surface area contributed by atoms with Gasteiger partial charge in [-0.05, 0) is 55.5 Å². The first-order valence-electron chi connectivity index (χ1n) is 9.00. The number of nitriles is 1. The molecule has 0 aliphatic heterocycles. The fourth-order valence-electron chi connectivity index (χ4n) is 2.95. The molecule has 0 saturated heterocycles. The quantitative estimate of drug-likeness (QED) is 0.522. The lowest BCUT2D eigenvalue weighted by atomic mass is 10.2. The molecule has 0 saturated carbocycles. The molecule has 0 radical (unpaired) electrons. The summed E-state index contributed by atoms with van der Waals surface area (Å²) in [7, 11) is 0. The summed E-state index contributed by atoms with van der Waals surface area (Å²) in [6.45, 7) is 2.35. The number of rotatable bonds is 7. The van der Waals surface area contributed by atoms with Crippen LogP contribution in [-0.2, 0) is 11.3 Å². The molecule has 3 aromatic rings. The standard InChI is InChI=1S/C21H17F3N2O4/c1-2-28-20(27)19-12-15-11-14(13-25)3-8-18(15)26(19)9-10-29-16-4-6-17(7-5-16)30-21(22,23)24/h3-8,11-12H,2,9-10H2,1H3.